The second kappa shape index (κ2) is 11.5. The number of piperidine rings is 1. The average Bonchev–Trinajstić information content (AvgIpc) is 3.38. The fourth-order valence-electron chi connectivity index (χ4n) is 4.68. The lowest BCUT2D eigenvalue weighted by Gasteiger charge is -2.34. The lowest BCUT2D eigenvalue weighted by atomic mass is 9.87. The Hall–Kier alpha value is -2.94. The van der Waals surface area contributed by atoms with Crippen molar-refractivity contribution in [3.8, 4) is 5.75 Å². The van der Waals surface area contributed by atoms with Gasteiger partial charge in [-0.1, -0.05) is 25.3 Å². The van der Waals surface area contributed by atoms with Gasteiger partial charge in [0.15, 0.2) is 0 Å². The van der Waals surface area contributed by atoms with Crippen LogP contribution in [0.4, 0.5) is 0 Å². The number of carbonyl (C=O) groups excluding carboxylic acids is 3. The summed E-state index contributed by atoms with van der Waals surface area (Å²) in [5, 5.41) is 2.62. The maximum atomic E-state index is 12.8. The first-order chi connectivity index (χ1) is 16.5. The van der Waals surface area contributed by atoms with Crippen LogP contribution in [-0.4, -0.2) is 47.3 Å². The molecule has 1 aliphatic carbocycles. The number of hydrogen-bond acceptors (Lipinski definition) is 6. The summed E-state index contributed by atoms with van der Waals surface area (Å²) in [5.41, 5.74) is 5.54. The first kappa shape index (κ1) is 24.2. The summed E-state index contributed by atoms with van der Waals surface area (Å²) in [4.78, 5) is 44.2. The summed E-state index contributed by atoms with van der Waals surface area (Å²) in [6.07, 6.45) is 7.35. The summed E-state index contributed by atoms with van der Waals surface area (Å²) in [7, 11) is 0. The van der Waals surface area contributed by atoms with Crippen molar-refractivity contribution in [2.24, 2.45) is 5.92 Å². The molecular weight excluding hydrogens is 452 g/mol. The van der Waals surface area contributed by atoms with Gasteiger partial charge in [0.1, 0.15) is 11.4 Å². The number of carbonyl (C=O) groups is 3. The number of rotatable bonds is 6. The molecule has 4 rings (SSSR count). The third-order valence-corrected chi connectivity index (χ3v) is 7.57. The topological polar surface area (TPSA) is 101 Å². The van der Waals surface area contributed by atoms with E-state index in [1.165, 1.54) is 17.8 Å². The van der Waals surface area contributed by atoms with Crippen LogP contribution in [0.5, 0.6) is 5.75 Å². The molecule has 0 spiro atoms. The summed E-state index contributed by atoms with van der Waals surface area (Å²) >= 11 is 1.46. The van der Waals surface area contributed by atoms with Crippen LogP contribution >= 0.6 is 11.3 Å². The van der Waals surface area contributed by atoms with E-state index in [0.717, 1.165) is 56.6 Å². The van der Waals surface area contributed by atoms with Gasteiger partial charge in [0, 0.05) is 35.9 Å². The SMILES string of the molecule is CCOc1cccc(C(=O)NNC(=O)c2csc(C3CCN(C(=O)C4CCCCC4)CC3)n2)c1. The van der Waals surface area contributed by atoms with E-state index in [1.54, 1.807) is 29.6 Å². The minimum Gasteiger partial charge on any atom is -0.494 e. The Bertz CT molecular complexity index is 1010. The molecule has 1 aromatic heterocycles. The molecule has 0 radical (unpaired) electrons. The molecule has 1 saturated carbocycles. The van der Waals surface area contributed by atoms with Crippen molar-refractivity contribution in [3.05, 3.63) is 45.9 Å². The zero-order chi connectivity index (χ0) is 23.9. The van der Waals surface area contributed by atoms with Crippen LogP contribution in [0.2, 0.25) is 0 Å². The smallest absolute Gasteiger partial charge is 0.289 e. The Morgan fingerprint density at radius 2 is 1.79 bits per heavy atom. The molecule has 2 heterocycles. The Morgan fingerprint density at radius 1 is 1.06 bits per heavy atom. The molecule has 2 aromatic rings. The van der Waals surface area contributed by atoms with Crippen LogP contribution < -0.4 is 15.6 Å². The van der Waals surface area contributed by atoms with Gasteiger partial charge in [-0.3, -0.25) is 25.2 Å². The van der Waals surface area contributed by atoms with Gasteiger partial charge in [0.25, 0.3) is 11.8 Å². The van der Waals surface area contributed by atoms with Gasteiger partial charge in [-0.2, -0.15) is 0 Å². The van der Waals surface area contributed by atoms with Crippen molar-refractivity contribution < 1.29 is 19.1 Å². The second-order valence-electron chi connectivity index (χ2n) is 8.87. The number of likely N-dealkylation sites (tertiary alicyclic amines) is 1. The molecule has 9 heteroatoms. The normalized spacial score (nSPS) is 17.3. The average molecular weight is 485 g/mol. The van der Waals surface area contributed by atoms with Crippen LogP contribution in [0.25, 0.3) is 0 Å². The molecule has 3 amide bonds. The molecule has 1 saturated heterocycles. The molecule has 2 fully saturated rings. The monoisotopic (exact) mass is 484 g/mol. The summed E-state index contributed by atoms with van der Waals surface area (Å²) < 4.78 is 5.40. The van der Waals surface area contributed by atoms with Crippen molar-refractivity contribution >= 4 is 29.1 Å². The van der Waals surface area contributed by atoms with E-state index in [9.17, 15) is 14.4 Å². The van der Waals surface area contributed by atoms with E-state index >= 15 is 0 Å². The number of ether oxygens (including phenoxy) is 1. The highest BCUT2D eigenvalue weighted by atomic mass is 32.1. The molecule has 1 aliphatic heterocycles. The van der Waals surface area contributed by atoms with E-state index in [-0.39, 0.29) is 17.5 Å². The molecule has 0 unspecified atom stereocenters. The molecule has 34 heavy (non-hydrogen) atoms. The molecule has 182 valence electrons. The number of nitrogens with zero attached hydrogens (tertiary/aromatic N) is 2. The van der Waals surface area contributed by atoms with Gasteiger partial charge >= 0.3 is 0 Å². The maximum Gasteiger partial charge on any atom is 0.289 e. The second-order valence-corrected chi connectivity index (χ2v) is 9.76. The fraction of sp³-hybridized carbons (Fsp3) is 0.520. The minimum absolute atomic E-state index is 0.206. The van der Waals surface area contributed by atoms with Gasteiger partial charge in [-0.15, -0.1) is 11.3 Å². The first-order valence-electron chi connectivity index (χ1n) is 12.1. The highest BCUT2D eigenvalue weighted by molar-refractivity contribution is 7.09. The number of hydrogen-bond donors (Lipinski definition) is 2. The highest BCUT2D eigenvalue weighted by Crippen LogP contribution is 2.32. The minimum atomic E-state index is -0.457. The van der Waals surface area contributed by atoms with Gasteiger partial charge in [-0.25, -0.2) is 4.98 Å². The molecule has 0 bridgehead atoms. The molecule has 8 nitrogen and oxygen atoms in total. The third kappa shape index (κ3) is 5.94. The van der Waals surface area contributed by atoms with E-state index in [2.05, 4.69) is 15.8 Å². The van der Waals surface area contributed by atoms with Crippen LogP contribution in [0.1, 0.15) is 83.6 Å². The van der Waals surface area contributed by atoms with Crippen molar-refractivity contribution in [1.29, 1.82) is 0 Å². The molecule has 1 aromatic carbocycles. The number of amides is 3. The van der Waals surface area contributed by atoms with E-state index in [0.29, 0.717) is 23.8 Å². The predicted octanol–water partition coefficient (Wildman–Crippen LogP) is 3.90. The Balaban J connectivity index is 1.26. The Kier molecular flexibility index (Phi) is 8.16. The van der Waals surface area contributed by atoms with Crippen molar-refractivity contribution in [1.82, 2.24) is 20.7 Å². The summed E-state index contributed by atoms with van der Waals surface area (Å²) in [6, 6.07) is 6.77. The zero-order valence-corrected chi connectivity index (χ0v) is 20.4. The molecule has 2 aliphatic rings. The fourth-order valence-corrected chi connectivity index (χ4v) is 5.65. The first-order valence-corrected chi connectivity index (χ1v) is 13.0. The molecule has 0 atom stereocenters. The van der Waals surface area contributed by atoms with Crippen LogP contribution in [-0.2, 0) is 4.79 Å². The summed E-state index contributed by atoms with van der Waals surface area (Å²) in [5.74, 6) is 0.481. The number of nitrogens with one attached hydrogen (secondary N) is 2. The van der Waals surface area contributed by atoms with Gasteiger partial charge in [-0.05, 0) is 50.8 Å². The van der Waals surface area contributed by atoms with E-state index < -0.39 is 11.8 Å². The van der Waals surface area contributed by atoms with E-state index in [1.807, 2.05) is 11.8 Å². The number of hydrazine groups is 1. The quantitative estimate of drug-likeness (QED) is 0.606. The maximum absolute atomic E-state index is 12.8. The third-order valence-electron chi connectivity index (χ3n) is 6.56. The predicted molar refractivity (Wildman–Crippen MR) is 130 cm³/mol. The molecule has 2 N–H and O–H groups in total. The van der Waals surface area contributed by atoms with Crippen LogP contribution in [0, 0.1) is 5.92 Å². The Labute approximate surface area is 204 Å². The number of thiazole rings is 1. The van der Waals surface area contributed by atoms with Crippen molar-refractivity contribution in [2.75, 3.05) is 19.7 Å². The van der Waals surface area contributed by atoms with Gasteiger partial charge in [0.2, 0.25) is 5.91 Å². The molecular formula is C25H32N4O4S. The lowest BCUT2D eigenvalue weighted by molar-refractivity contribution is -0.137. The Morgan fingerprint density at radius 3 is 2.53 bits per heavy atom. The summed E-state index contributed by atoms with van der Waals surface area (Å²) in [6.45, 7) is 3.87. The lowest BCUT2D eigenvalue weighted by Crippen LogP contribution is -2.42. The van der Waals surface area contributed by atoms with Gasteiger partial charge in [0.05, 0.1) is 11.6 Å². The van der Waals surface area contributed by atoms with Crippen LogP contribution in [0.15, 0.2) is 29.6 Å². The zero-order valence-electron chi connectivity index (χ0n) is 19.5. The van der Waals surface area contributed by atoms with E-state index in [4.69, 9.17) is 4.74 Å². The number of aromatic nitrogens is 1. The standard InChI is InChI=1S/C25H32N4O4S/c1-2-33-20-10-6-9-19(15-20)22(30)27-28-23(31)21-16-34-24(26-21)17-11-13-29(14-12-17)25(32)18-7-4-3-5-8-18/h6,9-10,15-18H,2-5,7-8,11-14H2,1H3,(H,27,30)(H,28,31). The van der Waals surface area contributed by atoms with Crippen molar-refractivity contribution in [2.45, 2.75) is 57.8 Å². The van der Waals surface area contributed by atoms with Crippen molar-refractivity contribution in [3.63, 3.8) is 0 Å². The van der Waals surface area contributed by atoms with Gasteiger partial charge < -0.3 is 9.64 Å². The largest absolute Gasteiger partial charge is 0.494 e. The number of benzene rings is 1. The highest BCUT2D eigenvalue weighted by Gasteiger charge is 2.30. The van der Waals surface area contributed by atoms with Crippen LogP contribution in [0.3, 0.4) is 0 Å².